The van der Waals surface area contributed by atoms with Crippen molar-refractivity contribution in [3.05, 3.63) is 102 Å². The van der Waals surface area contributed by atoms with Crippen LogP contribution in [0.1, 0.15) is 40.7 Å². The van der Waals surface area contributed by atoms with Crippen molar-refractivity contribution in [2.45, 2.75) is 44.8 Å². The molecule has 0 spiro atoms. The lowest BCUT2D eigenvalue weighted by Gasteiger charge is -2.36. The van der Waals surface area contributed by atoms with E-state index in [4.69, 9.17) is 18.9 Å². The van der Waals surface area contributed by atoms with Crippen LogP contribution in [0.15, 0.2) is 84.9 Å². The van der Waals surface area contributed by atoms with Crippen LogP contribution in [0.4, 0.5) is 5.69 Å². The first-order valence-electron chi connectivity index (χ1n) is 14.1. The van der Waals surface area contributed by atoms with Crippen LogP contribution >= 0.6 is 0 Å². The van der Waals surface area contributed by atoms with Crippen molar-refractivity contribution in [1.82, 2.24) is 5.32 Å². The average molecular weight is 575 g/mol. The van der Waals surface area contributed by atoms with Gasteiger partial charge >= 0.3 is 11.9 Å². The van der Waals surface area contributed by atoms with E-state index >= 15 is 0 Å². The van der Waals surface area contributed by atoms with Crippen molar-refractivity contribution in [1.29, 1.82) is 0 Å². The molecule has 1 N–H and O–H groups in total. The Morgan fingerprint density at radius 1 is 0.786 bits per heavy atom. The Kier molecular flexibility index (Phi) is 11.5. The number of hydrogen-bond acceptors (Lipinski definition) is 8. The highest BCUT2D eigenvalue weighted by molar-refractivity contribution is 5.98. The Balaban J connectivity index is 1.36. The Hall–Kier alpha value is -4.21. The lowest BCUT2D eigenvalue weighted by Crippen LogP contribution is -2.43. The molecule has 4 rings (SSSR count). The summed E-state index contributed by atoms with van der Waals surface area (Å²) < 4.78 is 21.6. The van der Waals surface area contributed by atoms with Crippen molar-refractivity contribution >= 4 is 23.5 Å². The Bertz CT molecular complexity index is 1270. The molecule has 9 heteroatoms. The highest BCUT2D eigenvalue weighted by Crippen LogP contribution is 2.27. The minimum atomic E-state index is -1.21. The van der Waals surface area contributed by atoms with Crippen molar-refractivity contribution in [3.8, 4) is 0 Å². The molecule has 3 aromatic rings. The first-order chi connectivity index (χ1) is 20.5. The van der Waals surface area contributed by atoms with E-state index in [9.17, 15) is 14.4 Å². The standard InChI is InChI=1S/C33H38N2O7/c1-39-33(40-2)27-17-19-35(20-18-27)28-15-13-26(14-16-28)31(37)34-29(32(38)42-23-25-11-7-4-8-12-25)21-30(36)41-22-24-9-5-3-6-10-24/h3-16,27,29,33H,17-23H2,1-2H3,(H,34,37)/t29-/m1/s1. The number of amides is 1. The maximum atomic E-state index is 13.2. The number of hydrogen-bond donors (Lipinski definition) is 1. The van der Waals surface area contributed by atoms with Crippen molar-refractivity contribution < 1.29 is 33.3 Å². The van der Waals surface area contributed by atoms with Crippen LogP contribution in [0.3, 0.4) is 0 Å². The highest BCUT2D eigenvalue weighted by atomic mass is 16.7. The molecule has 1 amide bonds. The predicted molar refractivity (Wildman–Crippen MR) is 158 cm³/mol. The number of carbonyl (C=O) groups excluding carboxylic acids is 3. The number of ether oxygens (including phenoxy) is 4. The molecule has 42 heavy (non-hydrogen) atoms. The molecule has 3 aromatic carbocycles. The summed E-state index contributed by atoms with van der Waals surface area (Å²) in [5.41, 5.74) is 2.98. The molecule has 1 fully saturated rings. The Morgan fingerprint density at radius 2 is 1.33 bits per heavy atom. The minimum Gasteiger partial charge on any atom is -0.461 e. The van der Waals surface area contributed by atoms with E-state index < -0.39 is 23.9 Å². The molecule has 1 saturated heterocycles. The first kappa shape index (κ1) is 30.7. The van der Waals surface area contributed by atoms with Gasteiger partial charge in [-0.3, -0.25) is 9.59 Å². The maximum Gasteiger partial charge on any atom is 0.329 e. The van der Waals surface area contributed by atoms with Crippen LogP contribution in [-0.2, 0) is 41.8 Å². The van der Waals surface area contributed by atoms with E-state index in [1.165, 1.54) is 0 Å². The van der Waals surface area contributed by atoms with Crippen LogP contribution in [0.25, 0.3) is 0 Å². The molecule has 1 aliphatic rings. The predicted octanol–water partition coefficient (Wildman–Crippen LogP) is 4.50. The van der Waals surface area contributed by atoms with Crippen LogP contribution in [-0.4, -0.2) is 57.5 Å². The minimum absolute atomic E-state index is 0.0198. The van der Waals surface area contributed by atoms with Gasteiger partial charge in [0.05, 0.1) is 6.42 Å². The molecular weight excluding hydrogens is 536 g/mol. The number of piperidine rings is 1. The number of nitrogens with one attached hydrogen (secondary N) is 1. The molecule has 1 atom stereocenters. The Morgan fingerprint density at radius 3 is 1.88 bits per heavy atom. The molecule has 0 radical (unpaired) electrons. The molecule has 0 aliphatic carbocycles. The fraction of sp³-hybridized carbons (Fsp3) is 0.364. The second-order valence-corrected chi connectivity index (χ2v) is 10.2. The van der Waals surface area contributed by atoms with Gasteiger partial charge in [0.2, 0.25) is 0 Å². The number of benzene rings is 3. The summed E-state index contributed by atoms with van der Waals surface area (Å²) in [5.74, 6) is -1.49. The van der Waals surface area contributed by atoms with Crippen molar-refractivity contribution in [2.24, 2.45) is 5.92 Å². The van der Waals surface area contributed by atoms with Gasteiger partial charge in [-0.05, 0) is 48.2 Å². The quantitative estimate of drug-likeness (QED) is 0.235. The summed E-state index contributed by atoms with van der Waals surface area (Å²) in [7, 11) is 3.32. The monoisotopic (exact) mass is 574 g/mol. The fourth-order valence-electron chi connectivity index (χ4n) is 4.96. The summed E-state index contributed by atoms with van der Waals surface area (Å²) in [6, 6.07) is 24.4. The Labute approximate surface area is 246 Å². The topological polar surface area (TPSA) is 103 Å². The summed E-state index contributed by atoms with van der Waals surface area (Å²) >= 11 is 0. The second kappa shape index (κ2) is 15.7. The number of rotatable bonds is 13. The summed E-state index contributed by atoms with van der Waals surface area (Å²) in [6.07, 6.45) is 1.30. The SMILES string of the molecule is COC(OC)C1CCN(c2ccc(C(=O)N[C@H](CC(=O)OCc3ccccc3)C(=O)OCc3ccccc3)cc2)CC1. The van der Waals surface area contributed by atoms with E-state index in [2.05, 4.69) is 10.2 Å². The highest BCUT2D eigenvalue weighted by Gasteiger charge is 2.28. The summed E-state index contributed by atoms with van der Waals surface area (Å²) in [4.78, 5) is 41.1. The number of anilines is 1. The molecule has 1 aliphatic heterocycles. The van der Waals surface area contributed by atoms with E-state index in [1.54, 1.807) is 26.4 Å². The zero-order valence-electron chi connectivity index (χ0n) is 24.1. The fourth-order valence-corrected chi connectivity index (χ4v) is 4.96. The molecule has 0 aromatic heterocycles. The van der Waals surface area contributed by atoms with Gasteiger partial charge < -0.3 is 29.2 Å². The van der Waals surface area contributed by atoms with Gasteiger partial charge in [-0.2, -0.15) is 0 Å². The van der Waals surface area contributed by atoms with Crippen LogP contribution in [0, 0.1) is 5.92 Å². The largest absolute Gasteiger partial charge is 0.461 e. The van der Waals surface area contributed by atoms with Crippen LogP contribution in [0.2, 0.25) is 0 Å². The van der Waals surface area contributed by atoms with Crippen LogP contribution < -0.4 is 10.2 Å². The van der Waals surface area contributed by atoms with Gasteiger partial charge in [0.1, 0.15) is 19.3 Å². The van der Waals surface area contributed by atoms with Gasteiger partial charge in [-0.1, -0.05) is 60.7 Å². The van der Waals surface area contributed by atoms with E-state index in [1.807, 2.05) is 72.8 Å². The molecule has 222 valence electrons. The smallest absolute Gasteiger partial charge is 0.329 e. The number of methoxy groups -OCH3 is 2. The normalized spacial score (nSPS) is 14.3. The average Bonchev–Trinajstić information content (AvgIpc) is 3.04. The molecule has 1 heterocycles. The summed E-state index contributed by atoms with van der Waals surface area (Å²) in [5, 5.41) is 2.67. The maximum absolute atomic E-state index is 13.2. The van der Waals surface area contributed by atoms with Crippen molar-refractivity contribution in [2.75, 3.05) is 32.2 Å². The number of esters is 2. The third-order valence-electron chi connectivity index (χ3n) is 7.31. The zero-order valence-corrected chi connectivity index (χ0v) is 24.1. The first-order valence-corrected chi connectivity index (χ1v) is 14.1. The lowest BCUT2D eigenvalue weighted by molar-refractivity contribution is -0.153. The molecular formula is C33H38N2O7. The van der Waals surface area contributed by atoms with E-state index in [0.717, 1.165) is 42.7 Å². The second-order valence-electron chi connectivity index (χ2n) is 10.2. The number of nitrogens with zero attached hydrogens (tertiary/aromatic N) is 1. The molecule has 0 saturated carbocycles. The van der Waals surface area contributed by atoms with Gasteiger partial charge in [0.25, 0.3) is 5.91 Å². The lowest BCUT2D eigenvalue weighted by atomic mass is 9.95. The molecule has 0 bridgehead atoms. The third kappa shape index (κ3) is 8.89. The van der Waals surface area contributed by atoms with E-state index in [-0.39, 0.29) is 25.9 Å². The van der Waals surface area contributed by atoms with Gasteiger partial charge in [-0.25, -0.2) is 4.79 Å². The van der Waals surface area contributed by atoms with Crippen LogP contribution in [0.5, 0.6) is 0 Å². The number of carbonyl (C=O) groups is 3. The van der Waals surface area contributed by atoms with Gasteiger partial charge in [0.15, 0.2) is 6.29 Å². The van der Waals surface area contributed by atoms with Crippen molar-refractivity contribution in [3.63, 3.8) is 0 Å². The van der Waals surface area contributed by atoms with Gasteiger partial charge in [-0.15, -0.1) is 0 Å². The summed E-state index contributed by atoms with van der Waals surface area (Å²) in [6.45, 7) is 1.78. The van der Waals surface area contributed by atoms with E-state index in [0.29, 0.717) is 11.5 Å². The zero-order chi connectivity index (χ0) is 29.7. The van der Waals surface area contributed by atoms with Gasteiger partial charge in [0, 0.05) is 44.5 Å². The third-order valence-corrected chi connectivity index (χ3v) is 7.31. The molecule has 0 unspecified atom stereocenters. The molecule has 9 nitrogen and oxygen atoms in total.